The minimum Gasteiger partial charge on any atom is -0.304 e. The summed E-state index contributed by atoms with van der Waals surface area (Å²) in [7, 11) is 0. The van der Waals surface area contributed by atoms with E-state index in [0.717, 1.165) is 14.3 Å². The van der Waals surface area contributed by atoms with E-state index in [9.17, 15) is 9.18 Å². The lowest BCUT2D eigenvalue weighted by atomic mass is 10.2. The van der Waals surface area contributed by atoms with Gasteiger partial charge in [0, 0.05) is 19.9 Å². The summed E-state index contributed by atoms with van der Waals surface area (Å²) in [6.07, 6.45) is 0. The Bertz CT molecular complexity index is 1120. The molecule has 0 aliphatic rings. The highest BCUT2D eigenvalue weighted by Crippen LogP contribution is 2.29. The van der Waals surface area contributed by atoms with Crippen molar-refractivity contribution in [3.63, 3.8) is 0 Å². The highest BCUT2D eigenvalue weighted by atomic mass is 79.9. The van der Waals surface area contributed by atoms with Crippen molar-refractivity contribution in [2.75, 3.05) is 0 Å². The van der Waals surface area contributed by atoms with E-state index in [1.807, 2.05) is 12.1 Å². The smallest absolute Gasteiger partial charge is 0.304 e. The molecule has 2 aromatic carbocycles. The molecule has 4 aromatic rings. The fourth-order valence-electron chi connectivity index (χ4n) is 2.39. The second-order valence-electron chi connectivity index (χ2n) is 4.92. The number of hydrogen-bond donors (Lipinski definition) is 1. The standard InChI is InChI=1S/C15H7Br2FN4O/c16-8-5-10-12(11(17)6-8)19-15(23)22-14(10)20-13(21-22)7-1-3-9(18)4-2-7/h1-6H,(H,19,23). The van der Waals surface area contributed by atoms with Crippen molar-refractivity contribution in [3.8, 4) is 11.4 Å². The van der Waals surface area contributed by atoms with Crippen LogP contribution in [0.2, 0.25) is 0 Å². The predicted molar refractivity (Wildman–Crippen MR) is 91.9 cm³/mol. The number of nitrogens with zero attached hydrogens (tertiary/aromatic N) is 3. The lowest BCUT2D eigenvalue weighted by Gasteiger charge is -2.02. The molecular formula is C15H7Br2FN4O. The third-order valence-corrected chi connectivity index (χ3v) is 4.51. The molecule has 0 bridgehead atoms. The average molecular weight is 438 g/mol. The van der Waals surface area contributed by atoms with Gasteiger partial charge in [-0.25, -0.2) is 14.2 Å². The number of aromatic nitrogens is 4. The van der Waals surface area contributed by atoms with E-state index in [1.165, 1.54) is 16.6 Å². The van der Waals surface area contributed by atoms with Gasteiger partial charge < -0.3 is 4.98 Å². The fourth-order valence-corrected chi connectivity index (χ4v) is 3.71. The number of benzene rings is 2. The van der Waals surface area contributed by atoms with Gasteiger partial charge in [0.25, 0.3) is 0 Å². The van der Waals surface area contributed by atoms with E-state index >= 15 is 0 Å². The number of H-pyrrole nitrogens is 1. The second kappa shape index (κ2) is 5.24. The van der Waals surface area contributed by atoms with Crippen molar-refractivity contribution < 1.29 is 4.39 Å². The molecule has 4 rings (SSSR count). The molecular weight excluding hydrogens is 431 g/mol. The molecule has 8 heteroatoms. The summed E-state index contributed by atoms with van der Waals surface area (Å²) < 4.78 is 15.9. The van der Waals surface area contributed by atoms with Crippen LogP contribution in [0.1, 0.15) is 0 Å². The normalized spacial score (nSPS) is 11.4. The molecule has 0 spiro atoms. The molecule has 0 saturated carbocycles. The first-order chi connectivity index (χ1) is 11.0. The lowest BCUT2D eigenvalue weighted by molar-refractivity contribution is 0.628. The third kappa shape index (κ3) is 2.38. The Hall–Kier alpha value is -2.06. The molecule has 2 heterocycles. The first kappa shape index (κ1) is 14.5. The van der Waals surface area contributed by atoms with Crippen LogP contribution in [0.15, 0.2) is 50.1 Å². The third-order valence-electron chi connectivity index (χ3n) is 3.43. The minimum atomic E-state index is -0.392. The maximum atomic E-state index is 13.1. The summed E-state index contributed by atoms with van der Waals surface area (Å²) in [6, 6.07) is 9.51. The van der Waals surface area contributed by atoms with Gasteiger partial charge in [0.15, 0.2) is 11.5 Å². The Morgan fingerprint density at radius 2 is 1.87 bits per heavy atom. The summed E-state index contributed by atoms with van der Waals surface area (Å²) in [4.78, 5) is 19.5. The van der Waals surface area contributed by atoms with E-state index in [2.05, 4.69) is 46.9 Å². The van der Waals surface area contributed by atoms with Gasteiger partial charge in [-0.2, -0.15) is 4.52 Å². The van der Waals surface area contributed by atoms with E-state index in [4.69, 9.17) is 0 Å². The highest BCUT2D eigenvalue weighted by Gasteiger charge is 2.14. The van der Waals surface area contributed by atoms with Gasteiger partial charge in [-0.05, 0) is 52.3 Å². The fraction of sp³-hybridized carbons (Fsp3) is 0. The van der Waals surface area contributed by atoms with Gasteiger partial charge in [-0.15, -0.1) is 5.10 Å². The molecule has 0 amide bonds. The summed E-state index contributed by atoms with van der Waals surface area (Å²) in [5.74, 6) is 0.0211. The lowest BCUT2D eigenvalue weighted by Crippen LogP contribution is -2.17. The number of halogens is 3. The van der Waals surface area contributed by atoms with Crippen LogP contribution in [0.25, 0.3) is 27.9 Å². The average Bonchev–Trinajstić information content (AvgIpc) is 2.95. The van der Waals surface area contributed by atoms with Crippen molar-refractivity contribution in [2.24, 2.45) is 0 Å². The monoisotopic (exact) mass is 436 g/mol. The molecule has 0 saturated heterocycles. The van der Waals surface area contributed by atoms with Crippen LogP contribution in [0.5, 0.6) is 0 Å². The quantitative estimate of drug-likeness (QED) is 0.491. The van der Waals surface area contributed by atoms with Gasteiger partial charge in [-0.3, -0.25) is 0 Å². The van der Waals surface area contributed by atoms with Gasteiger partial charge in [-0.1, -0.05) is 15.9 Å². The summed E-state index contributed by atoms with van der Waals surface area (Å²) in [5.41, 5.74) is 1.32. The Morgan fingerprint density at radius 1 is 1.13 bits per heavy atom. The van der Waals surface area contributed by atoms with Crippen LogP contribution in [0, 0.1) is 5.82 Å². The van der Waals surface area contributed by atoms with Crippen LogP contribution in [-0.4, -0.2) is 19.6 Å². The molecule has 0 aliphatic carbocycles. The van der Waals surface area contributed by atoms with Crippen molar-refractivity contribution >= 4 is 48.4 Å². The number of hydrogen-bond acceptors (Lipinski definition) is 3. The number of aromatic amines is 1. The topological polar surface area (TPSA) is 63.0 Å². The largest absolute Gasteiger partial charge is 0.348 e. The van der Waals surface area contributed by atoms with Crippen molar-refractivity contribution in [2.45, 2.75) is 0 Å². The number of rotatable bonds is 1. The van der Waals surface area contributed by atoms with Gasteiger partial charge in [0.2, 0.25) is 0 Å². The Morgan fingerprint density at radius 3 is 2.61 bits per heavy atom. The maximum Gasteiger partial charge on any atom is 0.348 e. The van der Waals surface area contributed by atoms with Crippen LogP contribution in [-0.2, 0) is 0 Å². The van der Waals surface area contributed by atoms with E-state index in [1.54, 1.807) is 12.1 Å². The molecule has 5 nitrogen and oxygen atoms in total. The summed E-state index contributed by atoms with van der Waals surface area (Å²) in [6.45, 7) is 0. The molecule has 0 atom stereocenters. The molecule has 0 aliphatic heterocycles. The van der Waals surface area contributed by atoms with Gasteiger partial charge >= 0.3 is 5.69 Å². The molecule has 0 unspecified atom stereocenters. The SMILES string of the molecule is O=c1[nH]c2c(Br)cc(Br)cc2c2nc(-c3ccc(F)cc3)nn12. The van der Waals surface area contributed by atoms with Crippen molar-refractivity contribution in [1.82, 2.24) is 19.6 Å². The van der Waals surface area contributed by atoms with Crippen LogP contribution in [0.4, 0.5) is 4.39 Å². The first-order valence-electron chi connectivity index (χ1n) is 6.57. The van der Waals surface area contributed by atoms with Gasteiger partial charge in [0.1, 0.15) is 5.82 Å². The molecule has 114 valence electrons. The van der Waals surface area contributed by atoms with Gasteiger partial charge in [0.05, 0.1) is 5.52 Å². The minimum absolute atomic E-state index is 0.339. The van der Waals surface area contributed by atoms with E-state index in [0.29, 0.717) is 22.6 Å². The zero-order valence-electron chi connectivity index (χ0n) is 11.3. The summed E-state index contributed by atoms with van der Waals surface area (Å²) in [5, 5.41) is 4.97. The number of nitrogens with one attached hydrogen (secondary N) is 1. The zero-order valence-corrected chi connectivity index (χ0v) is 14.5. The molecule has 0 radical (unpaired) electrons. The van der Waals surface area contributed by atoms with Crippen LogP contribution >= 0.6 is 31.9 Å². The van der Waals surface area contributed by atoms with Crippen LogP contribution < -0.4 is 5.69 Å². The Kier molecular flexibility index (Phi) is 3.31. The number of fused-ring (bicyclic) bond motifs is 3. The van der Waals surface area contributed by atoms with Crippen LogP contribution in [0.3, 0.4) is 0 Å². The van der Waals surface area contributed by atoms with E-state index < -0.39 is 5.69 Å². The predicted octanol–water partition coefficient (Wildman–Crippen LogP) is 3.90. The Balaban J connectivity index is 2.08. The van der Waals surface area contributed by atoms with E-state index in [-0.39, 0.29) is 5.82 Å². The molecule has 2 aromatic heterocycles. The zero-order chi connectivity index (χ0) is 16.1. The molecule has 1 N–H and O–H groups in total. The molecule has 23 heavy (non-hydrogen) atoms. The maximum absolute atomic E-state index is 13.1. The van der Waals surface area contributed by atoms with Crippen molar-refractivity contribution in [1.29, 1.82) is 0 Å². The van der Waals surface area contributed by atoms with Crippen molar-refractivity contribution in [3.05, 3.63) is 61.6 Å². The molecule has 0 fully saturated rings. The first-order valence-corrected chi connectivity index (χ1v) is 8.15. The Labute approximate surface area is 145 Å². The summed E-state index contributed by atoms with van der Waals surface area (Å²) >= 11 is 6.85. The second-order valence-corrected chi connectivity index (χ2v) is 6.69. The highest BCUT2D eigenvalue weighted by molar-refractivity contribution is 9.11.